The molecule has 0 aliphatic carbocycles. The van der Waals surface area contributed by atoms with Gasteiger partial charge in [-0.3, -0.25) is 19.8 Å². The first kappa shape index (κ1) is 18.6. The van der Waals surface area contributed by atoms with Gasteiger partial charge in [0, 0.05) is 17.7 Å². The van der Waals surface area contributed by atoms with Crippen molar-refractivity contribution in [2.45, 2.75) is 6.54 Å². The van der Waals surface area contributed by atoms with Gasteiger partial charge < -0.3 is 4.74 Å². The Labute approximate surface area is 159 Å². The van der Waals surface area contributed by atoms with Gasteiger partial charge in [-0.2, -0.15) is 5.10 Å². The number of ether oxygens (including phenoxy) is 1. The molecule has 0 spiro atoms. The smallest absolute Gasteiger partial charge is 0.270 e. The Morgan fingerprint density at radius 3 is 2.78 bits per heavy atom. The van der Waals surface area contributed by atoms with Crippen LogP contribution >= 0.6 is 11.8 Å². The van der Waals surface area contributed by atoms with Crippen LogP contribution in [0.3, 0.4) is 0 Å². The molecule has 0 bridgehead atoms. The summed E-state index contributed by atoms with van der Waals surface area (Å²) in [5.74, 6) is 1.01. The summed E-state index contributed by atoms with van der Waals surface area (Å²) < 4.78 is 5.13. The quantitative estimate of drug-likeness (QED) is 0.433. The Hall–Kier alpha value is -3.20. The predicted octanol–water partition coefficient (Wildman–Crippen LogP) is 3.07. The van der Waals surface area contributed by atoms with E-state index >= 15 is 0 Å². The highest BCUT2D eigenvalue weighted by Crippen LogP contribution is 2.23. The summed E-state index contributed by atoms with van der Waals surface area (Å²) in [6.07, 6.45) is 1.43. The van der Waals surface area contributed by atoms with Gasteiger partial charge in [-0.25, -0.2) is 0 Å². The van der Waals surface area contributed by atoms with Crippen LogP contribution < -0.4 is 4.74 Å². The molecule has 0 unspecified atom stereocenters. The van der Waals surface area contributed by atoms with Crippen molar-refractivity contribution in [2.24, 2.45) is 10.2 Å². The minimum Gasteiger partial charge on any atom is -0.497 e. The van der Waals surface area contributed by atoms with Crippen LogP contribution in [0.15, 0.2) is 58.7 Å². The second-order valence-electron chi connectivity index (χ2n) is 5.60. The molecule has 8 nitrogen and oxygen atoms in total. The van der Waals surface area contributed by atoms with Gasteiger partial charge in [-0.15, -0.1) is 5.10 Å². The van der Waals surface area contributed by atoms with E-state index in [1.165, 1.54) is 30.1 Å². The number of carbonyl (C=O) groups excluding carboxylic acids is 1. The lowest BCUT2D eigenvalue weighted by Crippen LogP contribution is -2.28. The van der Waals surface area contributed by atoms with Gasteiger partial charge in [-0.05, 0) is 17.7 Å². The van der Waals surface area contributed by atoms with Crippen molar-refractivity contribution in [3.05, 3.63) is 69.8 Å². The molecule has 1 aliphatic rings. The van der Waals surface area contributed by atoms with Crippen molar-refractivity contribution in [3.63, 3.8) is 0 Å². The van der Waals surface area contributed by atoms with Crippen molar-refractivity contribution >= 4 is 34.7 Å². The van der Waals surface area contributed by atoms with Gasteiger partial charge in [0.05, 0.1) is 30.5 Å². The number of thioether (sulfide) groups is 1. The van der Waals surface area contributed by atoms with Gasteiger partial charge in [-0.1, -0.05) is 36.0 Å². The summed E-state index contributed by atoms with van der Waals surface area (Å²) in [4.78, 5) is 24.0. The van der Waals surface area contributed by atoms with E-state index in [2.05, 4.69) is 10.2 Å². The van der Waals surface area contributed by atoms with E-state index in [-0.39, 0.29) is 11.6 Å². The van der Waals surface area contributed by atoms with E-state index < -0.39 is 4.92 Å². The second kappa shape index (κ2) is 8.45. The van der Waals surface area contributed by atoms with Crippen molar-refractivity contribution in [3.8, 4) is 5.75 Å². The third-order valence-corrected chi connectivity index (χ3v) is 4.74. The molecule has 2 aromatic rings. The maximum Gasteiger partial charge on any atom is 0.270 e. The highest BCUT2D eigenvalue weighted by atomic mass is 32.2. The number of non-ortho nitro benzene ring substituents is 1. The van der Waals surface area contributed by atoms with Crippen LogP contribution in [0.4, 0.5) is 5.69 Å². The van der Waals surface area contributed by atoms with Crippen LogP contribution in [0.25, 0.3) is 0 Å². The van der Waals surface area contributed by atoms with Crippen LogP contribution in [-0.2, 0) is 11.3 Å². The zero-order valence-corrected chi connectivity index (χ0v) is 15.3. The Morgan fingerprint density at radius 1 is 1.30 bits per heavy atom. The Morgan fingerprint density at radius 2 is 2.07 bits per heavy atom. The number of nitrogens with zero attached hydrogens (tertiary/aromatic N) is 4. The molecule has 0 radical (unpaired) electrons. The summed E-state index contributed by atoms with van der Waals surface area (Å²) in [6, 6.07) is 13.5. The molecule has 1 fully saturated rings. The zero-order chi connectivity index (χ0) is 19.2. The maximum absolute atomic E-state index is 12.1. The first-order chi connectivity index (χ1) is 13.1. The number of amides is 1. The van der Waals surface area contributed by atoms with E-state index in [0.717, 1.165) is 11.3 Å². The summed E-state index contributed by atoms with van der Waals surface area (Å²) in [5, 5.41) is 19.4. The number of hydrogen-bond acceptors (Lipinski definition) is 7. The zero-order valence-electron chi connectivity index (χ0n) is 14.4. The van der Waals surface area contributed by atoms with Crippen LogP contribution in [-0.4, -0.2) is 40.0 Å². The molecule has 138 valence electrons. The first-order valence-corrected chi connectivity index (χ1v) is 8.97. The SMILES string of the molecule is COc1ccc(CN2C(=O)CS/C2=N\N=C/c2cccc([N+](=O)[O-])c2)cc1. The number of amidine groups is 1. The molecule has 27 heavy (non-hydrogen) atoms. The number of hydrogen-bond donors (Lipinski definition) is 0. The van der Waals surface area contributed by atoms with Crippen LogP contribution in [0.1, 0.15) is 11.1 Å². The fourth-order valence-corrected chi connectivity index (χ4v) is 3.24. The topological polar surface area (TPSA) is 97.4 Å². The van der Waals surface area contributed by atoms with Crippen molar-refractivity contribution in [1.82, 2.24) is 4.90 Å². The highest BCUT2D eigenvalue weighted by molar-refractivity contribution is 8.15. The van der Waals surface area contributed by atoms with Gasteiger partial charge in [0.15, 0.2) is 5.17 Å². The number of benzene rings is 2. The van der Waals surface area contributed by atoms with Crippen molar-refractivity contribution < 1.29 is 14.5 Å². The molecule has 1 aliphatic heterocycles. The summed E-state index contributed by atoms with van der Waals surface area (Å²) in [5.41, 5.74) is 1.49. The number of methoxy groups -OCH3 is 1. The lowest BCUT2D eigenvalue weighted by Gasteiger charge is -2.15. The lowest BCUT2D eigenvalue weighted by molar-refractivity contribution is -0.384. The molecule has 0 atom stereocenters. The second-order valence-corrected chi connectivity index (χ2v) is 6.54. The summed E-state index contributed by atoms with van der Waals surface area (Å²) in [6.45, 7) is 0.390. The average molecular weight is 384 g/mol. The normalized spacial score (nSPS) is 15.7. The Balaban J connectivity index is 1.72. The number of nitro groups is 1. The van der Waals surface area contributed by atoms with E-state index in [0.29, 0.717) is 23.0 Å². The Kier molecular flexibility index (Phi) is 5.82. The molecule has 1 heterocycles. The lowest BCUT2D eigenvalue weighted by atomic mass is 10.2. The minimum absolute atomic E-state index is 0.0156. The van der Waals surface area contributed by atoms with E-state index in [4.69, 9.17) is 4.74 Å². The van der Waals surface area contributed by atoms with E-state index in [9.17, 15) is 14.9 Å². The van der Waals surface area contributed by atoms with E-state index in [1.54, 1.807) is 24.1 Å². The molecular weight excluding hydrogens is 368 g/mol. The van der Waals surface area contributed by atoms with Crippen LogP contribution in [0, 0.1) is 10.1 Å². The minimum atomic E-state index is -0.467. The first-order valence-electron chi connectivity index (χ1n) is 7.98. The number of nitro benzene ring substituents is 1. The fourth-order valence-electron chi connectivity index (χ4n) is 2.40. The van der Waals surface area contributed by atoms with Crippen molar-refractivity contribution in [1.29, 1.82) is 0 Å². The molecule has 9 heteroatoms. The maximum atomic E-state index is 12.1. The van der Waals surface area contributed by atoms with E-state index in [1.807, 2.05) is 24.3 Å². The monoisotopic (exact) mass is 384 g/mol. The van der Waals surface area contributed by atoms with Crippen molar-refractivity contribution in [2.75, 3.05) is 12.9 Å². The molecule has 1 saturated heterocycles. The predicted molar refractivity (Wildman–Crippen MR) is 104 cm³/mol. The molecule has 3 rings (SSSR count). The average Bonchev–Trinajstić information content (AvgIpc) is 3.02. The molecular formula is C18H16N4O4S. The van der Waals surface area contributed by atoms with Gasteiger partial charge in [0.25, 0.3) is 5.69 Å². The van der Waals surface area contributed by atoms with Gasteiger partial charge in [0.2, 0.25) is 5.91 Å². The molecule has 1 amide bonds. The number of rotatable bonds is 6. The molecule has 0 saturated carbocycles. The van der Waals surface area contributed by atoms with Gasteiger partial charge >= 0.3 is 0 Å². The van der Waals surface area contributed by atoms with Crippen LogP contribution in [0.2, 0.25) is 0 Å². The van der Waals surface area contributed by atoms with Crippen LogP contribution in [0.5, 0.6) is 5.75 Å². The van der Waals surface area contributed by atoms with Gasteiger partial charge in [0.1, 0.15) is 5.75 Å². The Bertz CT molecular complexity index is 912. The molecule has 0 N–H and O–H groups in total. The largest absolute Gasteiger partial charge is 0.497 e. The molecule has 0 aromatic heterocycles. The third-order valence-electron chi connectivity index (χ3n) is 3.79. The molecule has 2 aromatic carbocycles. The summed E-state index contributed by atoms with van der Waals surface area (Å²) >= 11 is 1.31. The standard InChI is InChI=1S/C18H16N4O4S/c1-26-16-7-5-13(6-8-16)11-21-17(23)12-27-18(21)20-19-10-14-3-2-4-15(9-14)22(24)25/h2-10H,11-12H2,1H3/b19-10-,20-18-. The third kappa shape index (κ3) is 4.70. The highest BCUT2D eigenvalue weighted by Gasteiger charge is 2.28. The number of carbonyl (C=O) groups is 1. The fraction of sp³-hybridized carbons (Fsp3) is 0.167. The summed E-state index contributed by atoms with van der Waals surface area (Å²) in [7, 11) is 1.60.